The van der Waals surface area contributed by atoms with Crippen LogP contribution in [-0.2, 0) is 0 Å². The van der Waals surface area contributed by atoms with E-state index in [1.165, 1.54) is 12.1 Å². The number of aliphatic hydroxyl groups excluding tert-OH is 1. The van der Waals surface area contributed by atoms with Gasteiger partial charge in [-0.2, -0.15) is 0 Å². The van der Waals surface area contributed by atoms with E-state index in [4.69, 9.17) is 9.84 Å². The van der Waals surface area contributed by atoms with Gasteiger partial charge in [-0.25, -0.2) is 9.18 Å². The molecule has 2 amide bonds. The maximum Gasteiger partial charge on any atom is 0.319 e. The molecule has 0 fully saturated rings. The van der Waals surface area contributed by atoms with Crippen LogP contribution in [0.25, 0.3) is 0 Å². The van der Waals surface area contributed by atoms with Crippen molar-refractivity contribution < 1.29 is 19.0 Å². The van der Waals surface area contributed by atoms with Gasteiger partial charge >= 0.3 is 6.03 Å². The van der Waals surface area contributed by atoms with E-state index in [1.54, 1.807) is 13.0 Å². The molecule has 1 aromatic carbocycles. The Morgan fingerprint density at radius 1 is 1.40 bits per heavy atom. The van der Waals surface area contributed by atoms with E-state index in [0.29, 0.717) is 18.7 Å². The Balaban J connectivity index is 2.53. The highest BCUT2D eigenvalue weighted by Gasteiger charge is 2.09. The average molecular weight is 284 g/mol. The predicted octanol–water partition coefficient (Wildman–Crippen LogP) is 2.51. The van der Waals surface area contributed by atoms with Gasteiger partial charge in [0.2, 0.25) is 0 Å². The second kappa shape index (κ2) is 7.69. The summed E-state index contributed by atoms with van der Waals surface area (Å²) in [7, 11) is 0. The third-order valence-electron chi connectivity index (χ3n) is 2.41. The van der Waals surface area contributed by atoms with E-state index >= 15 is 0 Å². The molecule has 0 aliphatic heterocycles. The summed E-state index contributed by atoms with van der Waals surface area (Å²) in [6, 6.07) is 3.75. The summed E-state index contributed by atoms with van der Waals surface area (Å²) >= 11 is 0. The predicted molar refractivity (Wildman–Crippen MR) is 75.5 cm³/mol. The fourth-order valence-electron chi connectivity index (χ4n) is 1.50. The molecular weight excluding hydrogens is 263 g/mol. The van der Waals surface area contributed by atoms with Gasteiger partial charge in [-0.3, -0.25) is 0 Å². The van der Waals surface area contributed by atoms with Gasteiger partial charge < -0.3 is 20.5 Å². The molecule has 0 radical (unpaired) electrons. The Morgan fingerprint density at radius 2 is 2.10 bits per heavy atom. The number of ether oxygens (including phenoxy) is 1. The molecule has 0 aromatic heterocycles. The van der Waals surface area contributed by atoms with Gasteiger partial charge in [0, 0.05) is 12.6 Å². The minimum Gasteiger partial charge on any atom is -0.491 e. The van der Waals surface area contributed by atoms with Crippen LogP contribution in [0, 0.1) is 5.82 Å². The lowest BCUT2D eigenvalue weighted by atomic mass is 10.3. The number of carbonyl (C=O) groups is 1. The summed E-state index contributed by atoms with van der Waals surface area (Å²) < 4.78 is 19.1. The molecule has 0 aliphatic rings. The highest BCUT2D eigenvalue weighted by molar-refractivity contribution is 5.89. The van der Waals surface area contributed by atoms with Crippen molar-refractivity contribution in [2.45, 2.75) is 39.4 Å². The van der Waals surface area contributed by atoms with E-state index in [2.05, 4.69) is 10.6 Å². The summed E-state index contributed by atoms with van der Waals surface area (Å²) in [5.74, 6) is -0.147. The maximum absolute atomic E-state index is 13.7. The zero-order valence-electron chi connectivity index (χ0n) is 11.9. The maximum atomic E-state index is 13.7. The second-order valence-electron chi connectivity index (χ2n) is 4.83. The molecule has 112 valence electrons. The molecule has 1 rings (SSSR count). The number of benzene rings is 1. The monoisotopic (exact) mass is 284 g/mol. The zero-order valence-corrected chi connectivity index (χ0v) is 11.9. The summed E-state index contributed by atoms with van der Waals surface area (Å²) in [6.45, 7) is 5.64. The van der Waals surface area contributed by atoms with E-state index in [0.717, 1.165) is 0 Å². The Kier molecular flexibility index (Phi) is 6.24. The average Bonchev–Trinajstić information content (AvgIpc) is 2.31. The molecule has 6 heteroatoms. The third kappa shape index (κ3) is 5.88. The summed E-state index contributed by atoms with van der Waals surface area (Å²) in [5.41, 5.74) is 0.0793. The number of carbonyl (C=O) groups excluding carboxylic acids is 1. The van der Waals surface area contributed by atoms with Crippen LogP contribution in [-0.4, -0.2) is 29.9 Å². The molecular formula is C14H21FN2O3. The molecule has 1 atom stereocenters. The molecule has 0 saturated carbocycles. The number of hydrogen-bond acceptors (Lipinski definition) is 3. The van der Waals surface area contributed by atoms with Crippen LogP contribution in [0.3, 0.4) is 0 Å². The SMILES string of the molecule is CC(O)CCNC(=O)Nc1ccc(OC(C)C)cc1F. The molecule has 0 spiro atoms. The second-order valence-corrected chi connectivity index (χ2v) is 4.83. The Hall–Kier alpha value is -1.82. The minimum absolute atomic E-state index is 0.0445. The Labute approximate surface area is 118 Å². The molecule has 1 aromatic rings. The van der Waals surface area contributed by atoms with Gasteiger partial charge in [-0.1, -0.05) is 0 Å². The lowest BCUT2D eigenvalue weighted by Gasteiger charge is -2.12. The van der Waals surface area contributed by atoms with Crippen molar-refractivity contribution in [2.75, 3.05) is 11.9 Å². The molecule has 5 nitrogen and oxygen atoms in total. The smallest absolute Gasteiger partial charge is 0.319 e. The van der Waals surface area contributed by atoms with Gasteiger partial charge in [0.05, 0.1) is 17.9 Å². The van der Waals surface area contributed by atoms with Gasteiger partial charge in [-0.05, 0) is 39.3 Å². The normalized spacial score (nSPS) is 12.1. The van der Waals surface area contributed by atoms with Crippen LogP contribution in [0.4, 0.5) is 14.9 Å². The first-order valence-corrected chi connectivity index (χ1v) is 6.57. The van der Waals surface area contributed by atoms with Crippen LogP contribution < -0.4 is 15.4 Å². The number of anilines is 1. The zero-order chi connectivity index (χ0) is 15.1. The van der Waals surface area contributed by atoms with Gasteiger partial charge in [0.25, 0.3) is 0 Å². The van der Waals surface area contributed by atoms with E-state index in [9.17, 15) is 9.18 Å². The largest absolute Gasteiger partial charge is 0.491 e. The fraction of sp³-hybridized carbons (Fsp3) is 0.500. The van der Waals surface area contributed by atoms with E-state index < -0.39 is 18.0 Å². The number of urea groups is 1. The molecule has 3 N–H and O–H groups in total. The summed E-state index contributed by atoms with van der Waals surface area (Å²) in [4.78, 5) is 11.5. The van der Waals surface area contributed by atoms with Crippen LogP contribution in [0.15, 0.2) is 18.2 Å². The van der Waals surface area contributed by atoms with Crippen molar-refractivity contribution in [3.05, 3.63) is 24.0 Å². The minimum atomic E-state index is -0.561. The molecule has 1 unspecified atom stereocenters. The number of amides is 2. The fourth-order valence-corrected chi connectivity index (χ4v) is 1.50. The van der Waals surface area contributed by atoms with Crippen molar-refractivity contribution in [1.82, 2.24) is 5.32 Å². The molecule has 0 heterocycles. The standard InChI is InChI=1S/C14H21FN2O3/c1-9(2)20-11-4-5-13(12(15)8-11)17-14(19)16-7-6-10(3)18/h4-5,8-10,18H,6-7H2,1-3H3,(H2,16,17,19). The number of nitrogens with one attached hydrogen (secondary N) is 2. The molecule has 20 heavy (non-hydrogen) atoms. The van der Waals surface area contributed by atoms with Crippen molar-refractivity contribution in [2.24, 2.45) is 0 Å². The van der Waals surface area contributed by atoms with Crippen molar-refractivity contribution in [3.8, 4) is 5.75 Å². The Morgan fingerprint density at radius 3 is 2.65 bits per heavy atom. The van der Waals surface area contributed by atoms with Crippen molar-refractivity contribution in [3.63, 3.8) is 0 Å². The van der Waals surface area contributed by atoms with Crippen LogP contribution in [0.2, 0.25) is 0 Å². The van der Waals surface area contributed by atoms with Crippen LogP contribution in [0.5, 0.6) is 5.75 Å². The number of rotatable bonds is 6. The highest BCUT2D eigenvalue weighted by Crippen LogP contribution is 2.21. The first-order valence-electron chi connectivity index (χ1n) is 6.57. The first kappa shape index (κ1) is 16.2. The van der Waals surface area contributed by atoms with E-state index in [-0.39, 0.29) is 11.8 Å². The Bertz CT molecular complexity index is 450. The number of aliphatic hydroxyl groups is 1. The lowest BCUT2D eigenvalue weighted by Crippen LogP contribution is -2.31. The number of hydrogen-bond donors (Lipinski definition) is 3. The van der Waals surface area contributed by atoms with Gasteiger partial charge in [0.15, 0.2) is 0 Å². The topological polar surface area (TPSA) is 70.6 Å². The van der Waals surface area contributed by atoms with Crippen LogP contribution in [0.1, 0.15) is 27.2 Å². The quantitative estimate of drug-likeness (QED) is 0.751. The first-order chi connectivity index (χ1) is 9.38. The van der Waals surface area contributed by atoms with Crippen molar-refractivity contribution in [1.29, 1.82) is 0 Å². The number of halogens is 1. The third-order valence-corrected chi connectivity index (χ3v) is 2.41. The van der Waals surface area contributed by atoms with Gasteiger partial charge in [-0.15, -0.1) is 0 Å². The lowest BCUT2D eigenvalue weighted by molar-refractivity contribution is 0.184. The highest BCUT2D eigenvalue weighted by atomic mass is 19.1. The van der Waals surface area contributed by atoms with Gasteiger partial charge in [0.1, 0.15) is 11.6 Å². The van der Waals surface area contributed by atoms with Crippen LogP contribution >= 0.6 is 0 Å². The molecule has 0 aliphatic carbocycles. The van der Waals surface area contributed by atoms with E-state index in [1.807, 2.05) is 13.8 Å². The summed E-state index contributed by atoms with van der Waals surface area (Å²) in [5, 5.41) is 14.0. The molecule has 0 bridgehead atoms. The summed E-state index contributed by atoms with van der Waals surface area (Å²) in [6.07, 6.45) is -0.0895. The van der Waals surface area contributed by atoms with Crippen molar-refractivity contribution >= 4 is 11.7 Å². The molecule has 0 saturated heterocycles.